The van der Waals surface area contributed by atoms with Gasteiger partial charge in [0.2, 0.25) is 5.88 Å². The van der Waals surface area contributed by atoms with Crippen LogP contribution in [0.2, 0.25) is 0 Å². The van der Waals surface area contributed by atoms with E-state index in [9.17, 15) is 18.4 Å². The van der Waals surface area contributed by atoms with Crippen LogP contribution < -0.4 is 21.1 Å². The first-order valence-corrected chi connectivity index (χ1v) is 9.93. The first kappa shape index (κ1) is 21.9. The van der Waals surface area contributed by atoms with Gasteiger partial charge in [0.15, 0.2) is 11.6 Å². The number of aromatic nitrogens is 1. The molecule has 0 unspecified atom stereocenters. The van der Waals surface area contributed by atoms with Gasteiger partial charge in [-0.3, -0.25) is 15.0 Å². The van der Waals surface area contributed by atoms with Gasteiger partial charge >= 0.3 is 6.03 Å². The number of amides is 3. The Morgan fingerprint density at radius 2 is 2.07 bits per heavy atom. The number of nitrogens with zero attached hydrogens (tertiary/aromatic N) is 2. The average molecular weight is 441 g/mol. The third-order valence-electron chi connectivity index (χ3n) is 4.35. The zero-order valence-electron chi connectivity index (χ0n) is 16.0. The SMILES string of the molecule is NC(=O)c1c(OCc2cccc(F)c2F)nsc1NC(=O)NCCN1CCOCC1. The van der Waals surface area contributed by atoms with Crippen LogP contribution in [0.15, 0.2) is 18.2 Å². The van der Waals surface area contributed by atoms with E-state index < -0.39 is 23.6 Å². The Bertz CT molecular complexity index is 905. The summed E-state index contributed by atoms with van der Waals surface area (Å²) in [6.07, 6.45) is 0. The number of carbonyl (C=O) groups is 2. The molecule has 0 atom stereocenters. The molecule has 1 aromatic carbocycles. The van der Waals surface area contributed by atoms with Crippen molar-refractivity contribution >= 4 is 28.5 Å². The van der Waals surface area contributed by atoms with E-state index >= 15 is 0 Å². The predicted molar refractivity (Wildman–Crippen MR) is 106 cm³/mol. The van der Waals surface area contributed by atoms with Gasteiger partial charge in [0, 0.05) is 31.7 Å². The summed E-state index contributed by atoms with van der Waals surface area (Å²) >= 11 is 0.794. The number of halogens is 2. The Morgan fingerprint density at radius 3 is 2.80 bits per heavy atom. The van der Waals surface area contributed by atoms with E-state index in [4.69, 9.17) is 15.2 Å². The fourth-order valence-corrected chi connectivity index (χ4v) is 3.52. The lowest BCUT2D eigenvalue weighted by Gasteiger charge is -2.26. The number of primary amides is 1. The van der Waals surface area contributed by atoms with E-state index in [1.165, 1.54) is 12.1 Å². The number of anilines is 1. The molecule has 1 saturated heterocycles. The number of hydrogen-bond donors (Lipinski definition) is 3. The highest BCUT2D eigenvalue weighted by atomic mass is 32.1. The second-order valence-corrected chi connectivity index (χ2v) is 7.17. The van der Waals surface area contributed by atoms with Crippen LogP contribution in [-0.4, -0.2) is 60.6 Å². The van der Waals surface area contributed by atoms with Crippen molar-refractivity contribution in [3.05, 3.63) is 41.0 Å². The molecule has 0 spiro atoms. The number of ether oxygens (including phenoxy) is 2. The number of hydrogen-bond acceptors (Lipinski definition) is 7. The van der Waals surface area contributed by atoms with Crippen molar-refractivity contribution in [3.63, 3.8) is 0 Å². The topological polar surface area (TPSA) is 119 Å². The number of nitrogens with one attached hydrogen (secondary N) is 2. The zero-order chi connectivity index (χ0) is 21.5. The molecular formula is C18H21F2N5O4S. The van der Waals surface area contributed by atoms with Crippen LogP contribution in [0, 0.1) is 11.6 Å². The number of carbonyl (C=O) groups excluding carboxylic acids is 2. The molecule has 2 aromatic rings. The van der Waals surface area contributed by atoms with Gasteiger partial charge in [0.05, 0.1) is 13.2 Å². The maximum absolute atomic E-state index is 13.8. The molecule has 4 N–H and O–H groups in total. The van der Waals surface area contributed by atoms with Crippen LogP contribution in [0.3, 0.4) is 0 Å². The van der Waals surface area contributed by atoms with Crippen molar-refractivity contribution in [3.8, 4) is 5.88 Å². The minimum atomic E-state index is -1.05. The fourth-order valence-electron chi connectivity index (χ4n) is 2.78. The third kappa shape index (κ3) is 5.62. The molecule has 30 heavy (non-hydrogen) atoms. The number of nitrogens with two attached hydrogens (primary N) is 1. The Hall–Kier alpha value is -2.83. The van der Waals surface area contributed by atoms with Crippen LogP contribution in [0.4, 0.5) is 18.6 Å². The minimum absolute atomic E-state index is 0.0474. The first-order chi connectivity index (χ1) is 14.5. The van der Waals surface area contributed by atoms with Gasteiger partial charge in [-0.05, 0) is 17.6 Å². The lowest BCUT2D eigenvalue weighted by Crippen LogP contribution is -2.42. The van der Waals surface area contributed by atoms with Gasteiger partial charge in [-0.15, -0.1) is 0 Å². The predicted octanol–water partition coefficient (Wildman–Crippen LogP) is 1.55. The Kier molecular flexibility index (Phi) is 7.49. The summed E-state index contributed by atoms with van der Waals surface area (Å²) in [5, 5.41) is 5.30. The second kappa shape index (κ2) is 10.3. The molecule has 1 aliphatic heterocycles. The summed E-state index contributed by atoms with van der Waals surface area (Å²) in [5.41, 5.74) is 5.19. The molecule has 1 fully saturated rings. The maximum atomic E-state index is 13.8. The van der Waals surface area contributed by atoms with Crippen LogP contribution in [0.5, 0.6) is 5.88 Å². The van der Waals surface area contributed by atoms with E-state index in [1.54, 1.807) is 0 Å². The van der Waals surface area contributed by atoms with Crippen molar-refractivity contribution in [1.82, 2.24) is 14.6 Å². The van der Waals surface area contributed by atoms with E-state index in [1.807, 2.05) is 0 Å². The van der Waals surface area contributed by atoms with Crippen molar-refractivity contribution in [1.29, 1.82) is 0 Å². The number of morpholine rings is 1. The number of urea groups is 1. The smallest absolute Gasteiger partial charge is 0.319 e. The highest BCUT2D eigenvalue weighted by Crippen LogP contribution is 2.31. The van der Waals surface area contributed by atoms with Gasteiger partial charge in [-0.25, -0.2) is 13.6 Å². The molecule has 9 nitrogen and oxygen atoms in total. The quantitative estimate of drug-likeness (QED) is 0.572. The highest BCUT2D eigenvalue weighted by Gasteiger charge is 2.22. The van der Waals surface area contributed by atoms with Crippen molar-refractivity contribution in [2.45, 2.75) is 6.61 Å². The Morgan fingerprint density at radius 1 is 1.30 bits per heavy atom. The molecule has 0 bridgehead atoms. The van der Waals surface area contributed by atoms with Crippen molar-refractivity contribution in [2.75, 3.05) is 44.7 Å². The van der Waals surface area contributed by atoms with Gasteiger partial charge in [-0.2, -0.15) is 4.37 Å². The molecule has 0 aliphatic carbocycles. The summed E-state index contributed by atoms with van der Waals surface area (Å²) in [6.45, 7) is 3.63. The van der Waals surface area contributed by atoms with Gasteiger partial charge in [0.1, 0.15) is 17.2 Å². The summed E-state index contributed by atoms with van der Waals surface area (Å²) in [7, 11) is 0. The normalized spacial score (nSPS) is 14.3. The summed E-state index contributed by atoms with van der Waals surface area (Å²) in [4.78, 5) is 26.1. The van der Waals surface area contributed by atoms with Crippen molar-refractivity contribution < 1.29 is 27.8 Å². The lowest BCUT2D eigenvalue weighted by molar-refractivity contribution is 0.0388. The standard InChI is InChI=1S/C18H21F2N5O4S/c19-12-3-1-2-11(14(12)20)10-29-16-13(15(21)26)17(30-24-16)23-18(27)22-4-5-25-6-8-28-9-7-25/h1-3H,4-10H2,(H2,21,26)(H2,22,23,27). The minimum Gasteiger partial charge on any atom is -0.471 e. The van der Waals surface area contributed by atoms with Crippen LogP contribution in [0.25, 0.3) is 0 Å². The van der Waals surface area contributed by atoms with Crippen LogP contribution in [0.1, 0.15) is 15.9 Å². The molecular weight excluding hydrogens is 420 g/mol. The molecule has 1 aromatic heterocycles. The number of rotatable bonds is 8. The van der Waals surface area contributed by atoms with Gasteiger partial charge < -0.3 is 20.5 Å². The third-order valence-corrected chi connectivity index (χ3v) is 5.09. The van der Waals surface area contributed by atoms with E-state index in [-0.39, 0.29) is 28.6 Å². The molecule has 12 heteroatoms. The van der Waals surface area contributed by atoms with Gasteiger partial charge in [0.25, 0.3) is 5.91 Å². The average Bonchev–Trinajstić information content (AvgIpc) is 3.12. The highest BCUT2D eigenvalue weighted by molar-refractivity contribution is 7.11. The molecule has 162 valence electrons. The van der Waals surface area contributed by atoms with E-state index in [0.717, 1.165) is 30.7 Å². The molecule has 3 rings (SSSR count). The summed E-state index contributed by atoms with van der Waals surface area (Å²) in [5.74, 6) is -3.10. The second-order valence-electron chi connectivity index (χ2n) is 6.39. The van der Waals surface area contributed by atoms with E-state index in [2.05, 4.69) is 19.9 Å². The maximum Gasteiger partial charge on any atom is 0.319 e. The van der Waals surface area contributed by atoms with Gasteiger partial charge in [-0.1, -0.05) is 12.1 Å². The molecule has 1 aliphatic rings. The zero-order valence-corrected chi connectivity index (χ0v) is 16.8. The van der Waals surface area contributed by atoms with Crippen LogP contribution in [-0.2, 0) is 11.3 Å². The van der Waals surface area contributed by atoms with Crippen LogP contribution >= 0.6 is 11.5 Å². The lowest BCUT2D eigenvalue weighted by atomic mass is 10.2. The Labute approximate surface area is 175 Å². The molecule has 3 amide bonds. The number of benzene rings is 1. The largest absolute Gasteiger partial charge is 0.471 e. The summed E-state index contributed by atoms with van der Waals surface area (Å²) < 4.78 is 41.6. The molecule has 0 saturated carbocycles. The summed E-state index contributed by atoms with van der Waals surface area (Å²) in [6, 6.07) is 3.13. The Balaban J connectivity index is 1.57. The van der Waals surface area contributed by atoms with Crippen molar-refractivity contribution in [2.24, 2.45) is 5.73 Å². The molecule has 2 heterocycles. The molecule has 0 radical (unpaired) electrons. The monoisotopic (exact) mass is 441 g/mol. The first-order valence-electron chi connectivity index (χ1n) is 9.16. The van der Waals surface area contributed by atoms with E-state index in [0.29, 0.717) is 26.3 Å². The fraction of sp³-hybridized carbons (Fsp3) is 0.389.